The van der Waals surface area contributed by atoms with E-state index in [9.17, 15) is 9.59 Å². The van der Waals surface area contributed by atoms with Gasteiger partial charge in [-0.1, -0.05) is 11.6 Å². The number of carbonyl (C=O) groups is 2. The summed E-state index contributed by atoms with van der Waals surface area (Å²) in [7, 11) is 1.61. The lowest BCUT2D eigenvalue weighted by atomic mass is 10.1. The van der Waals surface area contributed by atoms with E-state index in [-0.39, 0.29) is 5.57 Å². The Hall–Kier alpha value is -2.64. The number of halogens is 1. The number of carbonyl (C=O) groups excluding carboxylic acids is 2. The molecule has 1 aliphatic rings. The second kappa shape index (κ2) is 7.17. The average molecular weight is 391 g/mol. The van der Waals surface area contributed by atoms with Gasteiger partial charge < -0.3 is 19.5 Å². The first-order valence-corrected chi connectivity index (χ1v) is 8.60. The number of hydrogen-bond donors (Lipinski definition) is 1. The number of pyridine rings is 1. The number of methoxy groups -OCH3 is 1. The lowest BCUT2D eigenvalue weighted by molar-refractivity contribution is -0.222. The van der Waals surface area contributed by atoms with E-state index >= 15 is 0 Å². The normalized spacial score (nSPS) is 16.1. The molecule has 1 aromatic carbocycles. The van der Waals surface area contributed by atoms with Gasteiger partial charge >= 0.3 is 11.9 Å². The van der Waals surface area contributed by atoms with E-state index < -0.39 is 17.7 Å². The molecule has 1 aliphatic heterocycles. The van der Waals surface area contributed by atoms with E-state index in [1.54, 1.807) is 19.2 Å². The highest BCUT2D eigenvalue weighted by Crippen LogP contribution is 2.28. The molecule has 7 nitrogen and oxygen atoms in total. The number of nitrogens with one attached hydrogen (secondary N) is 1. The topological polar surface area (TPSA) is 86.8 Å². The molecule has 2 heterocycles. The molecule has 0 unspecified atom stereocenters. The maximum Gasteiger partial charge on any atom is 0.350 e. The van der Waals surface area contributed by atoms with Gasteiger partial charge in [-0.25, -0.2) is 14.6 Å². The van der Waals surface area contributed by atoms with Crippen LogP contribution in [-0.4, -0.2) is 29.8 Å². The van der Waals surface area contributed by atoms with Crippen LogP contribution in [0.2, 0.25) is 5.15 Å². The van der Waals surface area contributed by atoms with Gasteiger partial charge in [-0.2, -0.15) is 0 Å². The molecule has 1 aromatic heterocycles. The van der Waals surface area contributed by atoms with Gasteiger partial charge in [0, 0.05) is 38.2 Å². The van der Waals surface area contributed by atoms with Crippen LogP contribution in [0, 0.1) is 6.92 Å². The predicted molar refractivity (Wildman–Crippen MR) is 100 cm³/mol. The summed E-state index contributed by atoms with van der Waals surface area (Å²) in [5.74, 6) is -2.76. The molecule has 2 aromatic rings. The number of nitrogens with zero attached hydrogens (tertiary/aromatic N) is 1. The summed E-state index contributed by atoms with van der Waals surface area (Å²) < 4.78 is 15.4. The highest BCUT2D eigenvalue weighted by molar-refractivity contribution is 6.30. The minimum atomic E-state index is -1.28. The van der Waals surface area contributed by atoms with Gasteiger partial charge in [0.2, 0.25) is 0 Å². The Labute approximate surface area is 161 Å². The summed E-state index contributed by atoms with van der Waals surface area (Å²) in [6, 6.07) is 5.49. The van der Waals surface area contributed by atoms with Crippen molar-refractivity contribution in [3.05, 3.63) is 46.3 Å². The molecule has 0 bridgehead atoms. The fourth-order valence-electron chi connectivity index (χ4n) is 2.77. The number of aromatic nitrogens is 1. The average Bonchev–Trinajstić information content (AvgIpc) is 2.54. The lowest BCUT2D eigenvalue weighted by Gasteiger charge is -2.29. The third-order valence-corrected chi connectivity index (χ3v) is 4.19. The summed E-state index contributed by atoms with van der Waals surface area (Å²) in [6.07, 6.45) is 1.27. The molecular formula is C19H19ClN2O5. The number of benzene rings is 1. The smallest absolute Gasteiger partial charge is 0.350 e. The van der Waals surface area contributed by atoms with E-state index in [2.05, 4.69) is 10.3 Å². The highest BCUT2D eigenvalue weighted by Gasteiger charge is 2.38. The predicted octanol–water partition coefficient (Wildman–Crippen LogP) is 3.47. The first-order valence-electron chi connectivity index (χ1n) is 8.22. The summed E-state index contributed by atoms with van der Waals surface area (Å²) in [4.78, 5) is 28.4. The number of anilines is 1. The molecule has 3 rings (SSSR count). The Morgan fingerprint density at radius 1 is 1.22 bits per heavy atom. The molecule has 0 spiro atoms. The first-order chi connectivity index (χ1) is 12.7. The minimum Gasteiger partial charge on any atom is -0.419 e. The molecule has 0 amide bonds. The van der Waals surface area contributed by atoms with E-state index in [0.29, 0.717) is 23.0 Å². The minimum absolute atomic E-state index is 0.215. The van der Waals surface area contributed by atoms with Gasteiger partial charge in [0.15, 0.2) is 5.57 Å². The van der Waals surface area contributed by atoms with Crippen molar-refractivity contribution >= 4 is 40.1 Å². The van der Waals surface area contributed by atoms with Crippen molar-refractivity contribution in [1.82, 2.24) is 4.98 Å². The second-order valence-corrected chi connectivity index (χ2v) is 6.99. The molecule has 1 saturated heterocycles. The molecule has 0 saturated carbocycles. The van der Waals surface area contributed by atoms with Crippen molar-refractivity contribution in [2.75, 3.05) is 12.4 Å². The standard InChI is InChI=1S/C19H19ClN2O5/c1-10-5-12-11(9-25-4)6-16(20)22-15(12)7-14(10)21-8-13-17(23)26-19(2,3)27-18(13)24/h5-8,21H,9H2,1-4H3. The van der Waals surface area contributed by atoms with Crippen molar-refractivity contribution in [3.63, 3.8) is 0 Å². The monoisotopic (exact) mass is 390 g/mol. The van der Waals surface area contributed by atoms with Crippen molar-refractivity contribution < 1.29 is 23.8 Å². The summed E-state index contributed by atoms with van der Waals surface area (Å²) in [5.41, 5.74) is 2.92. The number of rotatable bonds is 4. The van der Waals surface area contributed by atoms with Crippen LogP contribution in [0.1, 0.15) is 25.0 Å². The van der Waals surface area contributed by atoms with Crippen LogP contribution in [0.3, 0.4) is 0 Å². The van der Waals surface area contributed by atoms with Gasteiger partial charge in [0.05, 0.1) is 12.1 Å². The Morgan fingerprint density at radius 2 is 1.89 bits per heavy atom. The third kappa shape index (κ3) is 4.04. The number of fused-ring (bicyclic) bond motifs is 1. The highest BCUT2D eigenvalue weighted by atomic mass is 35.5. The van der Waals surface area contributed by atoms with Crippen LogP contribution in [0.5, 0.6) is 0 Å². The summed E-state index contributed by atoms with van der Waals surface area (Å²) >= 11 is 6.09. The first kappa shape index (κ1) is 19.1. The van der Waals surface area contributed by atoms with Gasteiger partial charge in [-0.05, 0) is 36.2 Å². The quantitative estimate of drug-likeness (QED) is 0.370. The van der Waals surface area contributed by atoms with E-state index in [1.807, 2.05) is 13.0 Å². The Balaban J connectivity index is 1.95. The molecule has 0 radical (unpaired) electrons. The van der Waals surface area contributed by atoms with Crippen LogP contribution in [0.25, 0.3) is 10.9 Å². The van der Waals surface area contributed by atoms with Gasteiger partial charge in [-0.3, -0.25) is 0 Å². The van der Waals surface area contributed by atoms with Gasteiger partial charge in [0.25, 0.3) is 5.79 Å². The van der Waals surface area contributed by atoms with Crippen LogP contribution in [0.15, 0.2) is 30.0 Å². The second-order valence-electron chi connectivity index (χ2n) is 6.60. The maximum absolute atomic E-state index is 12.0. The van der Waals surface area contributed by atoms with Crippen LogP contribution < -0.4 is 5.32 Å². The van der Waals surface area contributed by atoms with Crippen LogP contribution >= 0.6 is 11.6 Å². The van der Waals surface area contributed by atoms with Crippen molar-refractivity contribution in [1.29, 1.82) is 0 Å². The maximum atomic E-state index is 12.0. The molecular weight excluding hydrogens is 372 g/mol. The number of hydrogen-bond acceptors (Lipinski definition) is 7. The molecule has 0 atom stereocenters. The van der Waals surface area contributed by atoms with Crippen molar-refractivity contribution in [2.45, 2.75) is 33.2 Å². The zero-order chi connectivity index (χ0) is 19.8. The largest absolute Gasteiger partial charge is 0.419 e. The van der Waals surface area contributed by atoms with E-state index in [4.69, 9.17) is 25.8 Å². The molecule has 8 heteroatoms. The Kier molecular flexibility index (Phi) is 5.08. The SMILES string of the molecule is COCc1cc(Cl)nc2cc(NC=C3C(=O)OC(C)(C)OC3=O)c(C)cc12. The van der Waals surface area contributed by atoms with Crippen LogP contribution in [-0.2, 0) is 30.4 Å². The summed E-state index contributed by atoms with van der Waals surface area (Å²) in [5, 5.41) is 4.22. The van der Waals surface area contributed by atoms with E-state index in [1.165, 1.54) is 20.0 Å². The Bertz CT molecular complexity index is 946. The van der Waals surface area contributed by atoms with Crippen molar-refractivity contribution in [3.8, 4) is 0 Å². The molecule has 142 valence electrons. The third-order valence-electron chi connectivity index (χ3n) is 4.00. The zero-order valence-electron chi connectivity index (χ0n) is 15.4. The number of ether oxygens (including phenoxy) is 3. The van der Waals surface area contributed by atoms with E-state index in [0.717, 1.165) is 16.5 Å². The molecule has 0 aliphatic carbocycles. The lowest BCUT2D eigenvalue weighted by Crippen LogP contribution is -2.42. The molecule has 1 N–H and O–H groups in total. The zero-order valence-corrected chi connectivity index (χ0v) is 16.1. The number of cyclic esters (lactones) is 2. The molecule has 1 fully saturated rings. The fourth-order valence-corrected chi connectivity index (χ4v) is 3.00. The molecule has 27 heavy (non-hydrogen) atoms. The van der Waals surface area contributed by atoms with Gasteiger partial charge in [0.1, 0.15) is 5.15 Å². The number of esters is 2. The summed E-state index contributed by atoms with van der Waals surface area (Å²) in [6.45, 7) is 5.29. The fraction of sp³-hybridized carbons (Fsp3) is 0.316. The Morgan fingerprint density at radius 3 is 2.52 bits per heavy atom. The van der Waals surface area contributed by atoms with Crippen molar-refractivity contribution in [2.24, 2.45) is 0 Å². The number of aryl methyl sites for hydroxylation is 1. The van der Waals surface area contributed by atoms with Crippen LogP contribution in [0.4, 0.5) is 5.69 Å². The van der Waals surface area contributed by atoms with Gasteiger partial charge in [-0.15, -0.1) is 0 Å².